The maximum absolute atomic E-state index is 14.1. The van der Waals surface area contributed by atoms with Crippen LogP contribution in [0.3, 0.4) is 0 Å². The minimum Gasteiger partial charge on any atom is -0.464 e. The Morgan fingerprint density at radius 3 is 2.76 bits per heavy atom. The number of benzene rings is 1. The zero-order valence-corrected chi connectivity index (χ0v) is 12.5. The lowest BCUT2D eigenvalue weighted by molar-refractivity contribution is 0.481. The summed E-state index contributed by atoms with van der Waals surface area (Å²) in [5, 5.41) is 3.39. The Hall–Kier alpha value is -1.81. The first-order valence-electron chi connectivity index (χ1n) is 7.40. The van der Waals surface area contributed by atoms with E-state index in [0.717, 1.165) is 22.8 Å². The van der Waals surface area contributed by atoms with Crippen molar-refractivity contribution in [2.24, 2.45) is 0 Å². The average Bonchev–Trinajstić information content (AvgIpc) is 3.19. The maximum Gasteiger partial charge on any atom is 0.129 e. The van der Waals surface area contributed by atoms with E-state index in [0.29, 0.717) is 19.1 Å². The van der Waals surface area contributed by atoms with Crippen LogP contribution in [0, 0.1) is 12.7 Å². The summed E-state index contributed by atoms with van der Waals surface area (Å²) in [6, 6.07) is 9.73. The fourth-order valence-corrected chi connectivity index (χ4v) is 2.50. The first kappa shape index (κ1) is 14.1. The Morgan fingerprint density at radius 2 is 2.10 bits per heavy atom. The number of aryl methyl sites for hydroxylation is 1. The van der Waals surface area contributed by atoms with Crippen molar-refractivity contribution in [3.05, 3.63) is 53.2 Å². The largest absolute Gasteiger partial charge is 0.464 e. The first-order chi connectivity index (χ1) is 10.1. The Morgan fingerprint density at radius 1 is 1.29 bits per heavy atom. The van der Waals surface area contributed by atoms with Crippen molar-refractivity contribution < 1.29 is 8.81 Å². The van der Waals surface area contributed by atoms with Crippen LogP contribution in [-0.2, 0) is 13.1 Å². The molecule has 3 nitrogen and oxygen atoms in total. The summed E-state index contributed by atoms with van der Waals surface area (Å²) in [5.41, 5.74) is 1.65. The second-order valence-electron chi connectivity index (χ2n) is 5.76. The Balaban J connectivity index is 1.77. The minimum absolute atomic E-state index is 0.150. The topological polar surface area (TPSA) is 28.4 Å². The molecule has 1 fully saturated rings. The molecular formula is C17H21FN2O. The second-order valence-corrected chi connectivity index (χ2v) is 5.76. The van der Waals surface area contributed by atoms with Gasteiger partial charge in [-0.2, -0.15) is 0 Å². The number of anilines is 1. The third-order valence-electron chi connectivity index (χ3n) is 3.84. The van der Waals surface area contributed by atoms with Crippen molar-refractivity contribution >= 4 is 5.69 Å². The van der Waals surface area contributed by atoms with E-state index in [-0.39, 0.29) is 5.82 Å². The van der Waals surface area contributed by atoms with Crippen molar-refractivity contribution in [2.45, 2.75) is 38.9 Å². The predicted octanol–water partition coefficient (Wildman–Crippen LogP) is 3.62. The molecule has 1 aromatic heterocycles. The van der Waals surface area contributed by atoms with Gasteiger partial charge in [-0.1, -0.05) is 6.07 Å². The minimum atomic E-state index is -0.150. The average molecular weight is 288 g/mol. The first-order valence-corrected chi connectivity index (χ1v) is 7.40. The highest BCUT2D eigenvalue weighted by Crippen LogP contribution is 2.26. The zero-order valence-electron chi connectivity index (χ0n) is 12.5. The molecule has 4 heteroatoms. The fourth-order valence-electron chi connectivity index (χ4n) is 2.50. The number of halogens is 1. The Kier molecular flexibility index (Phi) is 3.97. The molecule has 0 atom stereocenters. The Labute approximate surface area is 124 Å². The van der Waals surface area contributed by atoms with E-state index >= 15 is 0 Å². The quantitative estimate of drug-likeness (QED) is 0.880. The van der Waals surface area contributed by atoms with Crippen LogP contribution >= 0.6 is 0 Å². The summed E-state index contributed by atoms with van der Waals surface area (Å²) in [6.07, 6.45) is 2.40. The lowest BCUT2D eigenvalue weighted by Crippen LogP contribution is -2.22. The molecule has 1 saturated carbocycles. The summed E-state index contributed by atoms with van der Waals surface area (Å²) in [6.45, 7) is 3.14. The number of hydrogen-bond donors (Lipinski definition) is 1. The van der Waals surface area contributed by atoms with Crippen LogP contribution in [0.15, 0.2) is 34.7 Å². The van der Waals surface area contributed by atoms with Crippen molar-refractivity contribution in [1.82, 2.24) is 5.32 Å². The van der Waals surface area contributed by atoms with Crippen molar-refractivity contribution in [3.63, 3.8) is 0 Å². The van der Waals surface area contributed by atoms with Crippen LogP contribution in [0.2, 0.25) is 0 Å². The van der Waals surface area contributed by atoms with Gasteiger partial charge >= 0.3 is 0 Å². The molecule has 112 valence electrons. The highest BCUT2D eigenvalue weighted by molar-refractivity contribution is 5.53. The molecule has 1 aliphatic carbocycles. The highest BCUT2D eigenvalue weighted by atomic mass is 19.1. The molecule has 0 saturated heterocycles. The highest BCUT2D eigenvalue weighted by Gasteiger charge is 2.22. The van der Waals surface area contributed by atoms with Crippen LogP contribution in [0.5, 0.6) is 0 Å². The van der Waals surface area contributed by atoms with Gasteiger partial charge in [-0.05, 0) is 44.0 Å². The van der Waals surface area contributed by atoms with Crippen molar-refractivity contribution in [1.29, 1.82) is 0 Å². The van der Waals surface area contributed by atoms with Crippen LogP contribution in [0.1, 0.15) is 29.9 Å². The number of nitrogens with one attached hydrogen (secondary N) is 1. The van der Waals surface area contributed by atoms with E-state index in [9.17, 15) is 4.39 Å². The van der Waals surface area contributed by atoms with Gasteiger partial charge in [0.15, 0.2) is 0 Å². The van der Waals surface area contributed by atoms with E-state index in [2.05, 4.69) is 5.32 Å². The van der Waals surface area contributed by atoms with E-state index in [1.807, 2.05) is 37.1 Å². The van der Waals surface area contributed by atoms with E-state index < -0.39 is 0 Å². The van der Waals surface area contributed by atoms with Gasteiger partial charge in [0.05, 0.1) is 6.54 Å². The molecule has 2 aromatic rings. The fraction of sp³-hybridized carbons (Fsp3) is 0.412. The monoisotopic (exact) mass is 288 g/mol. The van der Waals surface area contributed by atoms with E-state index in [1.165, 1.54) is 18.9 Å². The molecule has 1 heterocycles. The van der Waals surface area contributed by atoms with E-state index in [1.54, 1.807) is 6.07 Å². The van der Waals surface area contributed by atoms with Crippen LogP contribution in [0.25, 0.3) is 0 Å². The van der Waals surface area contributed by atoms with Gasteiger partial charge in [-0.15, -0.1) is 0 Å². The zero-order chi connectivity index (χ0) is 14.8. The van der Waals surface area contributed by atoms with Gasteiger partial charge in [0.25, 0.3) is 0 Å². The number of rotatable bonds is 6. The number of hydrogen-bond acceptors (Lipinski definition) is 3. The third-order valence-corrected chi connectivity index (χ3v) is 3.84. The molecule has 1 aliphatic rings. The normalized spacial score (nSPS) is 14.4. The summed E-state index contributed by atoms with van der Waals surface area (Å²) in [7, 11) is 1.97. The summed E-state index contributed by atoms with van der Waals surface area (Å²) in [5.74, 6) is 1.64. The van der Waals surface area contributed by atoms with E-state index in [4.69, 9.17) is 4.42 Å². The molecule has 0 spiro atoms. The SMILES string of the molecule is Cc1ccc(CN(C)c2cccc(F)c2CNC2CC2)o1. The summed E-state index contributed by atoms with van der Waals surface area (Å²) < 4.78 is 19.7. The van der Waals surface area contributed by atoms with Crippen molar-refractivity contribution in [2.75, 3.05) is 11.9 Å². The van der Waals surface area contributed by atoms with Gasteiger partial charge in [0, 0.05) is 30.9 Å². The lowest BCUT2D eigenvalue weighted by Gasteiger charge is -2.22. The maximum atomic E-state index is 14.1. The molecule has 1 N–H and O–H groups in total. The molecule has 0 bridgehead atoms. The summed E-state index contributed by atoms with van der Waals surface area (Å²) in [4.78, 5) is 2.03. The molecule has 0 aliphatic heterocycles. The molecule has 21 heavy (non-hydrogen) atoms. The standard InChI is InChI=1S/C17H21FN2O/c1-12-6-9-14(21-12)11-20(2)17-5-3-4-16(18)15(17)10-19-13-7-8-13/h3-6,9,13,19H,7-8,10-11H2,1-2H3. The number of nitrogens with zero attached hydrogens (tertiary/aromatic N) is 1. The van der Waals surface area contributed by atoms with Crippen LogP contribution < -0.4 is 10.2 Å². The van der Waals surface area contributed by atoms with Crippen LogP contribution in [0.4, 0.5) is 10.1 Å². The lowest BCUT2D eigenvalue weighted by atomic mass is 10.1. The molecular weight excluding hydrogens is 267 g/mol. The molecule has 1 aromatic carbocycles. The molecule has 0 radical (unpaired) electrons. The third kappa shape index (κ3) is 3.45. The molecule has 3 rings (SSSR count). The summed E-state index contributed by atoms with van der Waals surface area (Å²) >= 11 is 0. The van der Waals surface area contributed by atoms with Gasteiger partial charge < -0.3 is 14.6 Å². The van der Waals surface area contributed by atoms with Gasteiger partial charge in [0.1, 0.15) is 17.3 Å². The molecule has 0 unspecified atom stereocenters. The van der Waals surface area contributed by atoms with Gasteiger partial charge in [-0.3, -0.25) is 0 Å². The Bertz CT molecular complexity index is 619. The van der Waals surface area contributed by atoms with Gasteiger partial charge in [-0.25, -0.2) is 4.39 Å². The smallest absolute Gasteiger partial charge is 0.129 e. The molecule has 0 amide bonds. The van der Waals surface area contributed by atoms with Gasteiger partial charge in [0.2, 0.25) is 0 Å². The van der Waals surface area contributed by atoms with Crippen molar-refractivity contribution in [3.8, 4) is 0 Å². The van der Waals surface area contributed by atoms with Crippen LogP contribution in [-0.4, -0.2) is 13.1 Å². The second kappa shape index (κ2) is 5.90. The predicted molar refractivity (Wildman–Crippen MR) is 81.8 cm³/mol. The number of furan rings is 1.